The van der Waals surface area contributed by atoms with E-state index in [0.717, 1.165) is 30.8 Å². The van der Waals surface area contributed by atoms with Gasteiger partial charge in [0.2, 0.25) is 5.91 Å². The molecule has 1 unspecified atom stereocenters. The number of aromatic amines is 1. The number of amides is 1. The SMILES string of the molecule is CCCCc1nc(Cl)c(CNC(C)C(=O)NCC)[nH]1. The fourth-order valence-electron chi connectivity index (χ4n) is 1.69. The molecular formula is C13H23ClN4O. The second-order valence-corrected chi connectivity index (χ2v) is 4.91. The zero-order valence-electron chi connectivity index (χ0n) is 11.8. The van der Waals surface area contributed by atoms with Crippen molar-refractivity contribution in [2.24, 2.45) is 0 Å². The lowest BCUT2D eigenvalue weighted by Gasteiger charge is -2.12. The number of nitrogens with zero attached hydrogens (tertiary/aromatic N) is 1. The third-order valence-corrected chi connectivity index (χ3v) is 3.19. The van der Waals surface area contributed by atoms with Crippen molar-refractivity contribution in [3.05, 3.63) is 16.7 Å². The fourth-order valence-corrected chi connectivity index (χ4v) is 1.91. The maximum Gasteiger partial charge on any atom is 0.236 e. The lowest BCUT2D eigenvalue weighted by Crippen LogP contribution is -2.41. The van der Waals surface area contributed by atoms with E-state index in [1.54, 1.807) is 0 Å². The summed E-state index contributed by atoms with van der Waals surface area (Å²) in [6, 6.07) is -0.251. The average molecular weight is 287 g/mol. The van der Waals surface area contributed by atoms with Gasteiger partial charge < -0.3 is 15.6 Å². The molecule has 1 heterocycles. The summed E-state index contributed by atoms with van der Waals surface area (Å²) in [6.45, 7) is 7.01. The van der Waals surface area contributed by atoms with E-state index in [1.807, 2.05) is 13.8 Å². The van der Waals surface area contributed by atoms with Gasteiger partial charge in [0.05, 0.1) is 11.7 Å². The third kappa shape index (κ3) is 5.20. The molecule has 0 aliphatic carbocycles. The summed E-state index contributed by atoms with van der Waals surface area (Å²) < 4.78 is 0. The first-order chi connectivity index (χ1) is 9.08. The van der Waals surface area contributed by atoms with Crippen LogP contribution in [0.15, 0.2) is 0 Å². The molecule has 0 radical (unpaired) electrons. The number of carbonyl (C=O) groups is 1. The number of unbranched alkanes of at least 4 members (excludes halogenated alkanes) is 1. The quantitative estimate of drug-likeness (QED) is 0.685. The number of hydrogen-bond donors (Lipinski definition) is 3. The summed E-state index contributed by atoms with van der Waals surface area (Å²) in [5.41, 5.74) is 0.837. The van der Waals surface area contributed by atoms with Crippen LogP contribution in [0, 0.1) is 0 Å². The zero-order chi connectivity index (χ0) is 14.3. The number of halogens is 1. The van der Waals surface area contributed by atoms with Crippen LogP contribution >= 0.6 is 11.6 Å². The Morgan fingerprint density at radius 1 is 1.47 bits per heavy atom. The minimum absolute atomic E-state index is 0.00987. The van der Waals surface area contributed by atoms with Crippen LogP contribution in [0.1, 0.15) is 45.1 Å². The van der Waals surface area contributed by atoms with Crippen LogP contribution in [0.25, 0.3) is 0 Å². The molecule has 0 aromatic carbocycles. The summed E-state index contributed by atoms with van der Waals surface area (Å²) in [7, 11) is 0. The Hall–Kier alpha value is -1.07. The van der Waals surface area contributed by atoms with E-state index < -0.39 is 0 Å². The van der Waals surface area contributed by atoms with Crippen molar-refractivity contribution < 1.29 is 4.79 Å². The molecule has 1 aromatic rings. The Balaban J connectivity index is 2.48. The molecule has 0 saturated heterocycles. The molecule has 1 amide bonds. The second-order valence-electron chi connectivity index (χ2n) is 4.55. The Morgan fingerprint density at radius 2 is 2.21 bits per heavy atom. The minimum atomic E-state index is -0.251. The number of likely N-dealkylation sites (N-methyl/N-ethyl adjacent to an activating group) is 1. The van der Waals surface area contributed by atoms with Crippen molar-refractivity contribution >= 4 is 17.5 Å². The van der Waals surface area contributed by atoms with E-state index in [1.165, 1.54) is 0 Å². The first-order valence-corrected chi connectivity index (χ1v) is 7.20. The summed E-state index contributed by atoms with van der Waals surface area (Å²) >= 11 is 6.07. The van der Waals surface area contributed by atoms with E-state index in [-0.39, 0.29) is 11.9 Å². The van der Waals surface area contributed by atoms with Crippen molar-refractivity contribution in [1.82, 2.24) is 20.6 Å². The molecule has 0 aliphatic heterocycles. The van der Waals surface area contributed by atoms with Gasteiger partial charge in [-0.15, -0.1) is 0 Å². The number of imidazole rings is 1. The highest BCUT2D eigenvalue weighted by Gasteiger charge is 2.13. The van der Waals surface area contributed by atoms with E-state index >= 15 is 0 Å². The first kappa shape index (κ1) is 16.0. The molecule has 0 fully saturated rings. The molecule has 5 nitrogen and oxygen atoms in total. The lowest BCUT2D eigenvalue weighted by atomic mass is 10.2. The van der Waals surface area contributed by atoms with Gasteiger partial charge in [-0.2, -0.15) is 0 Å². The standard InChI is InChI=1S/C13H23ClN4O/c1-4-6-7-11-17-10(12(14)18-11)8-16-9(3)13(19)15-5-2/h9,16H,4-8H2,1-3H3,(H,15,19)(H,17,18). The molecule has 3 N–H and O–H groups in total. The fraction of sp³-hybridized carbons (Fsp3) is 0.692. The molecule has 1 aromatic heterocycles. The molecule has 6 heteroatoms. The Labute approximate surface area is 119 Å². The highest BCUT2D eigenvalue weighted by molar-refractivity contribution is 6.30. The summed E-state index contributed by atoms with van der Waals surface area (Å²) in [5.74, 6) is 0.902. The van der Waals surface area contributed by atoms with E-state index in [4.69, 9.17) is 11.6 Å². The van der Waals surface area contributed by atoms with E-state index in [9.17, 15) is 4.79 Å². The first-order valence-electron chi connectivity index (χ1n) is 6.82. The van der Waals surface area contributed by atoms with E-state index in [0.29, 0.717) is 18.2 Å². The molecular weight excluding hydrogens is 264 g/mol. The monoisotopic (exact) mass is 286 g/mol. The van der Waals surface area contributed by atoms with Gasteiger partial charge in [0.25, 0.3) is 0 Å². The van der Waals surface area contributed by atoms with Crippen LogP contribution in [0.3, 0.4) is 0 Å². The van der Waals surface area contributed by atoms with Crippen LogP contribution in [-0.2, 0) is 17.8 Å². The normalized spacial score (nSPS) is 12.4. The van der Waals surface area contributed by atoms with Crippen LogP contribution in [0.5, 0.6) is 0 Å². The van der Waals surface area contributed by atoms with Gasteiger partial charge in [0.1, 0.15) is 5.82 Å². The highest BCUT2D eigenvalue weighted by atomic mass is 35.5. The van der Waals surface area contributed by atoms with E-state index in [2.05, 4.69) is 27.5 Å². The zero-order valence-corrected chi connectivity index (χ0v) is 12.6. The number of nitrogens with one attached hydrogen (secondary N) is 3. The van der Waals surface area contributed by atoms with Crippen LogP contribution < -0.4 is 10.6 Å². The van der Waals surface area contributed by atoms with Gasteiger partial charge in [0.15, 0.2) is 5.15 Å². The van der Waals surface area contributed by atoms with Gasteiger partial charge >= 0.3 is 0 Å². The molecule has 0 bridgehead atoms. The van der Waals surface area contributed by atoms with Gasteiger partial charge in [-0.3, -0.25) is 4.79 Å². The van der Waals surface area contributed by atoms with Crippen molar-refractivity contribution in [3.63, 3.8) is 0 Å². The van der Waals surface area contributed by atoms with Crippen molar-refractivity contribution in [3.8, 4) is 0 Å². The molecule has 108 valence electrons. The minimum Gasteiger partial charge on any atom is -0.355 e. The Morgan fingerprint density at radius 3 is 2.84 bits per heavy atom. The molecule has 0 aliphatic rings. The molecule has 1 atom stereocenters. The molecule has 0 saturated carbocycles. The topological polar surface area (TPSA) is 69.8 Å². The van der Waals surface area contributed by atoms with Crippen molar-refractivity contribution in [2.45, 2.75) is 52.6 Å². The summed E-state index contributed by atoms with van der Waals surface area (Å²) in [4.78, 5) is 19.0. The number of H-pyrrole nitrogens is 1. The van der Waals surface area contributed by atoms with Crippen molar-refractivity contribution in [2.75, 3.05) is 6.54 Å². The van der Waals surface area contributed by atoms with Crippen LogP contribution in [0.4, 0.5) is 0 Å². The lowest BCUT2D eigenvalue weighted by molar-refractivity contribution is -0.122. The van der Waals surface area contributed by atoms with Gasteiger partial charge in [-0.1, -0.05) is 24.9 Å². The maximum absolute atomic E-state index is 11.6. The van der Waals surface area contributed by atoms with Crippen LogP contribution in [0.2, 0.25) is 5.15 Å². The van der Waals surface area contributed by atoms with Gasteiger partial charge in [-0.25, -0.2) is 4.98 Å². The summed E-state index contributed by atoms with van der Waals surface area (Å²) in [5, 5.41) is 6.38. The Kier molecular flexibility index (Phi) is 6.87. The number of hydrogen-bond acceptors (Lipinski definition) is 3. The molecule has 19 heavy (non-hydrogen) atoms. The largest absolute Gasteiger partial charge is 0.355 e. The number of rotatable bonds is 8. The predicted octanol–water partition coefficient (Wildman–Crippen LogP) is 2.02. The molecule has 1 rings (SSSR count). The second kappa shape index (κ2) is 8.17. The number of carbonyl (C=O) groups excluding carboxylic acids is 1. The maximum atomic E-state index is 11.6. The van der Waals surface area contributed by atoms with Gasteiger partial charge in [-0.05, 0) is 20.3 Å². The smallest absolute Gasteiger partial charge is 0.236 e. The predicted molar refractivity (Wildman–Crippen MR) is 77.2 cm³/mol. The number of aryl methyl sites for hydroxylation is 1. The summed E-state index contributed by atoms with van der Waals surface area (Å²) in [6.07, 6.45) is 3.12. The average Bonchev–Trinajstić information content (AvgIpc) is 2.74. The van der Waals surface area contributed by atoms with Crippen LogP contribution in [-0.4, -0.2) is 28.5 Å². The molecule has 0 spiro atoms. The number of aromatic nitrogens is 2. The Bertz CT molecular complexity index is 405. The highest BCUT2D eigenvalue weighted by Crippen LogP contribution is 2.14. The van der Waals surface area contributed by atoms with Crippen molar-refractivity contribution in [1.29, 1.82) is 0 Å². The third-order valence-electron chi connectivity index (χ3n) is 2.87. The van der Waals surface area contributed by atoms with Gasteiger partial charge in [0, 0.05) is 19.5 Å².